The van der Waals surface area contributed by atoms with Gasteiger partial charge in [0, 0.05) is 11.4 Å². The van der Waals surface area contributed by atoms with Crippen molar-refractivity contribution in [3.8, 4) is 5.75 Å². The molecule has 3 aromatic rings. The molecule has 0 fully saturated rings. The Hall–Kier alpha value is -2.09. The fourth-order valence-corrected chi connectivity index (χ4v) is 4.86. The molecule has 26 heavy (non-hydrogen) atoms. The van der Waals surface area contributed by atoms with E-state index in [1.165, 1.54) is 4.31 Å². The van der Waals surface area contributed by atoms with Gasteiger partial charge in [-0.25, -0.2) is 8.42 Å². The molecule has 0 aliphatic carbocycles. The molecule has 5 nitrogen and oxygen atoms in total. The Bertz CT molecular complexity index is 903. The smallest absolute Gasteiger partial charge is 0.247 e. The lowest BCUT2D eigenvalue weighted by atomic mass is 10.3. The van der Waals surface area contributed by atoms with Crippen LogP contribution in [0.5, 0.6) is 5.75 Å². The molecule has 0 amide bonds. The Morgan fingerprint density at radius 1 is 1.12 bits per heavy atom. The molecular formula is C19H21NO4S2. The van der Waals surface area contributed by atoms with E-state index in [0.29, 0.717) is 31.1 Å². The van der Waals surface area contributed by atoms with E-state index in [2.05, 4.69) is 0 Å². The predicted octanol–water partition coefficient (Wildman–Crippen LogP) is 4.17. The van der Waals surface area contributed by atoms with Gasteiger partial charge in [-0.1, -0.05) is 18.2 Å². The first-order valence-corrected chi connectivity index (χ1v) is 10.7. The molecule has 0 N–H and O–H groups in total. The Balaban J connectivity index is 1.90. The molecule has 0 spiro atoms. The fourth-order valence-electron chi connectivity index (χ4n) is 2.63. The predicted molar refractivity (Wildman–Crippen MR) is 102 cm³/mol. The van der Waals surface area contributed by atoms with Crippen LogP contribution in [0.1, 0.15) is 17.6 Å². The second-order valence-electron chi connectivity index (χ2n) is 5.63. The van der Waals surface area contributed by atoms with Crippen molar-refractivity contribution < 1.29 is 17.6 Å². The number of furan rings is 1. The number of sulfonamides is 1. The molecule has 1 aromatic carbocycles. The molecular weight excluding hydrogens is 370 g/mol. The van der Waals surface area contributed by atoms with Gasteiger partial charge < -0.3 is 9.15 Å². The minimum absolute atomic E-state index is 0.180. The molecule has 0 aliphatic heterocycles. The standard InChI is InChI=1S/C19H21NO4S2/c1-2-23-18-9-3-4-10-19(18)26(21,22)20(15-16-7-5-13-24-16)12-11-17-8-6-14-25-17/h3-10,13-14H,2,11-12,15H2,1H3. The third-order valence-electron chi connectivity index (χ3n) is 3.87. The number of para-hydroxylation sites is 1. The topological polar surface area (TPSA) is 59.8 Å². The third-order valence-corrected chi connectivity index (χ3v) is 6.69. The van der Waals surface area contributed by atoms with Gasteiger partial charge in [-0.15, -0.1) is 11.3 Å². The maximum atomic E-state index is 13.3. The van der Waals surface area contributed by atoms with Crippen molar-refractivity contribution in [2.24, 2.45) is 0 Å². The number of rotatable bonds is 9. The van der Waals surface area contributed by atoms with E-state index in [1.807, 2.05) is 24.4 Å². The molecule has 2 aromatic heterocycles. The van der Waals surface area contributed by atoms with Gasteiger partial charge in [0.15, 0.2) is 0 Å². The van der Waals surface area contributed by atoms with Crippen molar-refractivity contribution in [3.05, 3.63) is 70.8 Å². The molecule has 0 unspecified atom stereocenters. The van der Waals surface area contributed by atoms with Gasteiger partial charge in [0.05, 0.1) is 19.4 Å². The fraction of sp³-hybridized carbons (Fsp3) is 0.263. The Kier molecular flexibility index (Phi) is 6.13. The second kappa shape index (κ2) is 8.53. The molecule has 0 saturated carbocycles. The summed E-state index contributed by atoms with van der Waals surface area (Å²) in [6.45, 7) is 2.78. The maximum Gasteiger partial charge on any atom is 0.247 e. The first-order valence-electron chi connectivity index (χ1n) is 8.38. The van der Waals surface area contributed by atoms with Crippen molar-refractivity contribution >= 4 is 21.4 Å². The van der Waals surface area contributed by atoms with E-state index in [0.717, 1.165) is 4.88 Å². The summed E-state index contributed by atoms with van der Waals surface area (Å²) in [6, 6.07) is 14.3. The second-order valence-corrected chi connectivity index (χ2v) is 8.57. The summed E-state index contributed by atoms with van der Waals surface area (Å²) in [7, 11) is -3.73. The SMILES string of the molecule is CCOc1ccccc1S(=O)(=O)N(CCc1cccs1)Cc1ccco1. The first-order chi connectivity index (χ1) is 12.6. The van der Waals surface area contributed by atoms with E-state index in [9.17, 15) is 8.42 Å². The monoisotopic (exact) mass is 391 g/mol. The number of ether oxygens (including phenoxy) is 1. The molecule has 3 rings (SSSR count). The highest BCUT2D eigenvalue weighted by Crippen LogP contribution is 2.28. The first kappa shape index (κ1) is 18.7. The molecule has 0 bridgehead atoms. The average molecular weight is 392 g/mol. The van der Waals surface area contributed by atoms with Crippen molar-refractivity contribution in [1.29, 1.82) is 0 Å². The Morgan fingerprint density at radius 3 is 2.65 bits per heavy atom. The van der Waals surface area contributed by atoms with Gasteiger partial charge in [-0.2, -0.15) is 4.31 Å². The van der Waals surface area contributed by atoms with E-state index in [-0.39, 0.29) is 11.4 Å². The maximum absolute atomic E-state index is 13.3. The summed E-state index contributed by atoms with van der Waals surface area (Å²) in [5, 5.41) is 1.99. The molecule has 7 heteroatoms. The van der Waals surface area contributed by atoms with E-state index >= 15 is 0 Å². The van der Waals surface area contributed by atoms with Gasteiger partial charge in [0.1, 0.15) is 16.4 Å². The summed E-state index contributed by atoms with van der Waals surface area (Å²) in [5.41, 5.74) is 0. The molecule has 0 aliphatic rings. The Morgan fingerprint density at radius 2 is 1.96 bits per heavy atom. The van der Waals surface area contributed by atoms with E-state index in [4.69, 9.17) is 9.15 Å². The van der Waals surface area contributed by atoms with Crippen LogP contribution in [0.3, 0.4) is 0 Å². The minimum Gasteiger partial charge on any atom is -0.492 e. The van der Waals surface area contributed by atoms with Gasteiger partial charge >= 0.3 is 0 Å². The largest absolute Gasteiger partial charge is 0.492 e. The van der Waals surface area contributed by atoms with Crippen LogP contribution >= 0.6 is 11.3 Å². The molecule has 0 radical (unpaired) electrons. The van der Waals surface area contributed by atoms with Crippen LogP contribution in [-0.2, 0) is 23.0 Å². The van der Waals surface area contributed by atoms with Crippen molar-refractivity contribution in [3.63, 3.8) is 0 Å². The average Bonchev–Trinajstić information content (AvgIpc) is 3.33. The van der Waals surface area contributed by atoms with Crippen LogP contribution in [-0.4, -0.2) is 25.9 Å². The van der Waals surface area contributed by atoms with Crippen LogP contribution in [0.2, 0.25) is 0 Å². The van der Waals surface area contributed by atoms with E-state index < -0.39 is 10.0 Å². The molecule has 0 saturated heterocycles. The summed E-state index contributed by atoms with van der Waals surface area (Å²) < 4.78 is 39.0. The van der Waals surface area contributed by atoms with Gasteiger partial charge in [0.25, 0.3) is 0 Å². The van der Waals surface area contributed by atoms with Gasteiger partial charge in [-0.05, 0) is 49.1 Å². The van der Waals surface area contributed by atoms with Crippen molar-refractivity contribution in [2.75, 3.05) is 13.2 Å². The number of hydrogen-bond donors (Lipinski definition) is 0. The molecule has 0 atom stereocenters. The van der Waals surface area contributed by atoms with Gasteiger partial charge in [-0.3, -0.25) is 0 Å². The zero-order valence-electron chi connectivity index (χ0n) is 14.5. The number of benzene rings is 1. The summed E-state index contributed by atoms with van der Waals surface area (Å²) >= 11 is 1.62. The summed E-state index contributed by atoms with van der Waals surface area (Å²) in [5.74, 6) is 0.976. The zero-order valence-corrected chi connectivity index (χ0v) is 16.1. The van der Waals surface area contributed by atoms with E-state index in [1.54, 1.807) is 54.0 Å². The zero-order chi connectivity index (χ0) is 18.4. The number of nitrogens with zero attached hydrogens (tertiary/aromatic N) is 1. The minimum atomic E-state index is -3.73. The lowest BCUT2D eigenvalue weighted by Gasteiger charge is -2.22. The number of thiophene rings is 1. The molecule has 138 valence electrons. The highest BCUT2D eigenvalue weighted by atomic mass is 32.2. The summed E-state index contributed by atoms with van der Waals surface area (Å²) in [6.07, 6.45) is 2.20. The van der Waals surface area contributed by atoms with Crippen LogP contribution < -0.4 is 4.74 Å². The quantitative estimate of drug-likeness (QED) is 0.549. The van der Waals surface area contributed by atoms with Crippen molar-refractivity contribution in [1.82, 2.24) is 4.31 Å². The highest BCUT2D eigenvalue weighted by molar-refractivity contribution is 7.89. The summed E-state index contributed by atoms with van der Waals surface area (Å²) in [4.78, 5) is 1.32. The van der Waals surface area contributed by atoms with Crippen LogP contribution in [0.4, 0.5) is 0 Å². The van der Waals surface area contributed by atoms with Crippen LogP contribution in [0.25, 0.3) is 0 Å². The Labute approximate surface area is 157 Å². The van der Waals surface area contributed by atoms with Crippen LogP contribution in [0.15, 0.2) is 69.5 Å². The van der Waals surface area contributed by atoms with Gasteiger partial charge in [0.2, 0.25) is 10.0 Å². The third kappa shape index (κ3) is 4.35. The highest BCUT2D eigenvalue weighted by Gasteiger charge is 2.28. The number of hydrogen-bond acceptors (Lipinski definition) is 5. The lowest BCUT2D eigenvalue weighted by Crippen LogP contribution is -2.32. The molecule has 2 heterocycles. The normalized spacial score (nSPS) is 11.8. The lowest BCUT2D eigenvalue weighted by molar-refractivity contribution is 0.326. The van der Waals surface area contributed by atoms with Crippen molar-refractivity contribution in [2.45, 2.75) is 24.8 Å². The van der Waals surface area contributed by atoms with Crippen LogP contribution in [0, 0.1) is 0 Å².